The summed E-state index contributed by atoms with van der Waals surface area (Å²) in [7, 11) is 1.79. The van der Waals surface area contributed by atoms with Crippen LogP contribution in [0.3, 0.4) is 0 Å². The Bertz CT molecular complexity index is 659. The fourth-order valence-corrected chi connectivity index (χ4v) is 2.62. The van der Waals surface area contributed by atoms with Crippen molar-refractivity contribution in [2.75, 3.05) is 11.9 Å². The van der Waals surface area contributed by atoms with Crippen LogP contribution in [-0.4, -0.2) is 22.5 Å². The molecule has 1 aromatic carbocycles. The zero-order valence-corrected chi connectivity index (χ0v) is 14.3. The molecule has 0 aliphatic heterocycles. The summed E-state index contributed by atoms with van der Waals surface area (Å²) in [5, 5.41) is 0.668. The maximum absolute atomic E-state index is 12.0. The number of amides is 1. The highest BCUT2D eigenvalue weighted by molar-refractivity contribution is 6.31. The van der Waals surface area contributed by atoms with E-state index >= 15 is 0 Å². The molecule has 118 valence electrons. The highest BCUT2D eigenvalue weighted by Gasteiger charge is 2.12. The van der Waals surface area contributed by atoms with Crippen LogP contribution in [0.2, 0.25) is 5.02 Å². The molecule has 1 aromatic heterocycles. The van der Waals surface area contributed by atoms with E-state index < -0.39 is 0 Å². The second-order valence-electron chi connectivity index (χ2n) is 5.51. The molecule has 2 rings (SSSR count). The Labute approximate surface area is 136 Å². The number of hydrogen-bond donors (Lipinski definition) is 0. The summed E-state index contributed by atoms with van der Waals surface area (Å²) in [4.78, 5) is 17.9. The van der Waals surface area contributed by atoms with E-state index in [1.165, 1.54) is 0 Å². The van der Waals surface area contributed by atoms with Gasteiger partial charge in [-0.1, -0.05) is 24.6 Å². The van der Waals surface area contributed by atoms with Crippen LogP contribution >= 0.6 is 11.6 Å². The van der Waals surface area contributed by atoms with E-state index in [0.717, 1.165) is 29.2 Å². The van der Waals surface area contributed by atoms with Crippen molar-refractivity contribution in [2.45, 2.75) is 40.2 Å². The van der Waals surface area contributed by atoms with Gasteiger partial charge in [-0.3, -0.25) is 4.79 Å². The summed E-state index contributed by atoms with van der Waals surface area (Å²) < 4.78 is 2.12. The van der Waals surface area contributed by atoms with Crippen LogP contribution in [0.25, 0.3) is 0 Å². The lowest BCUT2D eigenvalue weighted by Gasteiger charge is -2.18. The molecule has 0 N–H and O–H groups in total. The van der Waals surface area contributed by atoms with Gasteiger partial charge in [0.25, 0.3) is 0 Å². The molecule has 5 heteroatoms. The van der Waals surface area contributed by atoms with Crippen molar-refractivity contribution in [3.05, 3.63) is 46.5 Å². The lowest BCUT2D eigenvalue weighted by molar-refractivity contribution is -0.118. The molecule has 0 bridgehead atoms. The molecular weight excluding hydrogens is 298 g/mol. The summed E-state index contributed by atoms with van der Waals surface area (Å²) in [5.41, 5.74) is 2.95. The molecule has 0 saturated carbocycles. The van der Waals surface area contributed by atoms with E-state index in [1.807, 2.05) is 45.2 Å². The molecule has 0 spiro atoms. The minimum absolute atomic E-state index is 0.104. The largest absolute Gasteiger partial charge is 0.328 e. The average molecular weight is 320 g/mol. The van der Waals surface area contributed by atoms with Crippen LogP contribution in [0.15, 0.2) is 24.4 Å². The van der Waals surface area contributed by atoms with Crippen molar-refractivity contribution >= 4 is 23.2 Å². The zero-order valence-electron chi connectivity index (χ0n) is 13.6. The van der Waals surface area contributed by atoms with Crippen molar-refractivity contribution in [3.63, 3.8) is 0 Å². The number of carbonyl (C=O) groups excluding carboxylic acids is 1. The van der Waals surface area contributed by atoms with Gasteiger partial charge in [0.2, 0.25) is 5.91 Å². The Hall–Kier alpha value is -1.81. The number of benzene rings is 1. The Morgan fingerprint density at radius 1 is 1.36 bits per heavy atom. The standard InChI is InChI=1S/C17H22ClN3O/c1-5-6-17(22)20(4)15-8-7-14(16(18)9-15)11-21-12(2)10-19-13(21)3/h7-10H,5-6,11H2,1-4H3. The summed E-state index contributed by atoms with van der Waals surface area (Å²) >= 11 is 6.41. The average Bonchev–Trinajstić information content (AvgIpc) is 2.80. The van der Waals surface area contributed by atoms with Crippen molar-refractivity contribution in [1.29, 1.82) is 0 Å². The minimum Gasteiger partial charge on any atom is -0.328 e. The third-order valence-corrected chi connectivity index (χ3v) is 4.20. The lowest BCUT2D eigenvalue weighted by Crippen LogP contribution is -2.25. The van der Waals surface area contributed by atoms with E-state index in [2.05, 4.69) is 9.55 Å². The normalized spacial score (nSPS) is 10.8. The smallest absolute Gasteiger partial charge is 0.226 e. The molecule has 22 heavy (non-hydrogen) atoms. The fourth-order valence-electron chi connectivity index (χ4n) is 2.39. The first-order valence-corrected chi connectivity index (χ1v) is 7.85. The quantitative estimate of drug-likeness (QED) is 0.836. The van der Waals surface area contributed by atoms with Crippen LogP contribution in [0, 0.1) is 13.8 Å². The van der Waals surface area contributed by atoms with Gasteiger partial charge in [-0.25, -0.2) is 4.98 Å². The van der Waals surface area contributed by atoms with Gasteiger partial charge in [-0.2, -0.15) is 0 Å². The molecular formula is C17H22ClN3O. The van der Waals surface area contributed by atoms with Crippen LogP contribution in [0.5, 0.6) is 0 Å². The number of anilines is 1. The molecule has 0 aliphatic carbocycles. The topological polar surface area (TPSA) is 38.1 Å². The fraction of sp³-hybridized carbons (Fsp3) is 0.412. The third-order valence-electron chi connectivity index (χ3n) is 3.84. The summed E-state index contributed by atoms with van der Waals surface area (Å²) in [6.07, 6.45) is 3.24. The minimum atomic E-state index is 0.104. The van der Waals surface area contributed by atoms with Crippen LogP contribution < -0.4 is 4.90 Å². The highest BCUT2D eigenvalue weighted by atomic mass is 35.5. The first-order chi connectivity index (χ1) is 10.4. The van der Waals surface area contributed by atoms with Gasteiger partial charge < -0.3 is 9.47 Å². The number of carbonyl (C=O) groups is 1. The molecule has 0 radical (unpaired) electrons. The first kappa shape index (κ1) is 16.6. The maximum Gasteiger partial charge on any atom is 0.226 e. The Morgan fingerprint density at radius 3 is 2.64 bits per heavy atom. The molecule has 0 aliphatic rings. The molecule has 0 saturated heterocycles. The van der Waals surface area contributed by atoms with E-state index in [0.29, 0.717) is 18.0 Å². The second-order valence-corrected chi connectivity index (χ2v) is 5.92. The number of hydrogen-bond acceptors (Lipinski definition) is 2. The van der Waals surface area contributed by atoms with Gasteiger partial charge in [0, 0.05) is 36.1 Å². The molecule has 1 amide bonds. The number of aromatic nitrogens is 2. The van der Waals surface area contributed by atoms with Crippen LogP contribution in [-0.2, 0) is 11.3 Å². The number of nitrogens with zero attached hydrogens (tertiary/aromatic N) is 3. The second kappa shape index (κ2) is 6.97. The van der Waals surface area contributed by atoms with E-state index in [4.69, 9.17) is 11.6 Å². The molecule has 4 nitrogen and oxygen atoms in total. The van der Waals surface area contributed by atoms with Crippen molar-refractivity contribution in [3.8, 4) is 0 Å². The SMILES string of the molecule is CCCC(=O)N(C)c1ccc(Cn2c(C)cnc2C)c(Cl)c1. The highest BCUT2D eigenvalue weighted by Crippen LogP contribution is 2.25. The van der Waals surface area contributed by atoms with Crippen LogP contribution in [0.4, 0.5) is 5.69 Å². The zero-order chi connectivity index (χ0) is 16.3. The molecule has 2 aromatic rings. The molecule has 0 unspecified atom stereocenters. The van der Waals surface area contributed by atoms with Crippen molar-refractivity contribution < 1.29 is 4.79 Å². The summed E-state index contributed by atoms with van der Waals surface area (Å²) in [5.74, 6) is 1.07. The predicted molar refractivity (Wildman–Crippen MR) is 90.6 cm³/mol. The first-order valence-electron chi connectivity index (χ1n) is 7.47. The van der Waals surface area contributed by atoms with E-state index in [1.54, 1.807) is 11.9 Å². The monoisotopic (exact) mass is 319 g/mol. The predicted octanol–water partition coefficient (Wildman–Crippen LogP) is 3.96. The van der Waals surface area contributed by atoms with Gasteiger partial charge in [-0.15, -0.1) is 0 Å². The maximum atomic E-state index is 12.0. The van der Waals surface area contributed by atoms with Crippen LogP contribution in [0.1, 0.15) is 36.8 Å². The van der Waals surface area contributed by atoms with Crippen molar-refractivity contribution in [2.24, 2.45) is 0 Å². The summed E-state index contributed by atoms with van der Waals surface area (Å²) in [6, 6.07) is 5.77. The van der Waals surface area contributed by atoms with Gasteiger partial charge in [0.1, 0.15) is 5.82 Å². The van der Waals surface area contributed by atoms with Crippen molar-refractivity contribution in [1.82, 2.24) is 9.55 Å². The lowest BCUT2D eigenvalue weighted by atomic mass is 10.1. The third kappa shape index (κ3) is 3.50. The number of imidazole rings is 1. The van der Waals surface area contributed by atoms with E-state index in [9.17, 15) is 4.79 Å². The molecule has 0 fully saturated rings. The summed E-state index contributed by atoms with van der Waals surface area (Å²) in [6.45, 7) is 6.69. The molecule has 0 atom stereocenters. The number of halogens is 1. The van der Waals surface area contributed by atoms with Gasteiger partial charge in [-0.05, 0) is 38.0 Å². The van der Waals surface area contributed by atoms with Gasteiger partial charge in [0.15, 0.2) is 0 Å². The van der Waals surface area contributed by atoms with Gasteiger partial charge >= 0.3 is 0 Å². The van der Waals surface area contributed by atoms with E-state index in [-0.39, 0.29) is 5.91 Å². The Morgan fingerprint density at radius 2 is 2.09 bits per heavy atom. The molecule has 1 heterocycles. The Kier molecular flexibility index (Phi) is 5.24. The number of rotatable bonds is 5. The Balaban J connectivity index is 2.21. The number of aryl methyl sites for hydroxylation is 2. The van der Waals surface area contributed by atoms with Gasteiger partial charge in [0.05, 0.1) is 6.54 Å².